The summed E-state index contributed by atoms with van der Waals surface area (Å²) in [5.74, 6) is -0.691. The number of ether oxygens (including phenoxy) is 2. The predicted molar refractivity (Wildman–Crippen MR) is 105 cm³/mol. The van der Waals surface area contributed by atoms with E-state index < -0.39 is 24.2 Å². The topological polar surface area (TPSA) is 118 Å². The van der Waals surface area contributed by atoms with Gasteiger partial charge in [-0.05, 0) is 36.6 Å². The lowest BCUT2D eigenvalue weighted by Crippen LogP contribution is -2.39. The molecular weight excluding hydrogens is 376 g/mol. The molecule has 0 aliphatic rings. The Morgan fingerprint density at radius 3 is 2.48 bits per heavy atom. The number of nitrogens with one attached hydrogen (secondary N) is 1. The summed E-state index contributed by atoms with van der Waals surface area (Å²) in [6, 6.07) is 13.2. The zero-order valence-electron chi connectivity index (χ0n) is 15.8. The summed E-state index contributed by atoms with van der Waals surface area (Å²) in [5.41, 5.74) is 0.0306. The van der Waals surface area contributed by atoms with Gasteiger partial charge >= 0.3 is 5.97 Å². The molecule has 3 rings (SSSR count). The normalized spacial score (nSPS) is 12.9. The zero-order valence-corrected chi connectivity index (χ0v) is 15.8. The van der Waals surface area contributed by atoms with Crippen LogP contribution in [0.2, 0.25) is 0 Å². The molecule has 8 heteroatoms. The van der Waals surface area contributed by atoms with Gasteiger partial charge in [-0.15, -0.1) is 0 Å². The van der Waals surface area contributed by atoms with Crippen LogP contribution in [-0.2, 0) is 9.53 Å². The van der Waals surface area contributed by atoms with Gasteiger partial charge in [-0.25, -0.2) is 4.98 Å². The van der Waals surface area contributed by atoms with E-state index in [9.17, 15) is 14.7 Å². The quantitative estimate of drug-likeness (QED) is 0.526. The van der Waals surface area contributed by atoms with Gasteiger partial charge in [0.25, 0.3) is 5.91 Å². The lowest BCUT2D eigenvalue weighted by Gasteiger charge is -2.17. The second-order valence-electron chi connectivity index (χ2n) is 6.31. The Morgan fingerprint density at radius 1 is 1.10 bits per heavy atom. The van der Waals surface area contributed by atoms with Crippen molar-refractivity contribution in [3.63, 3.8) is 0 Å². The first-order chi connectivity index (χ1) is 13.9. The monoisotopic (exact) mass is 396 g/mol. The van der Waals surface area contributed by atoms with E-state index in [1.165, 1.54) is 20.2 Å². The number of amides is 1. The number of aliphatic hydroxyl groups excluding tert-OH is 1. The molecule has 2 aromatic carbocycles. The first-order valence-electron chi connectivity index (χ1n) is 8.80. The summed E-state index contributed by atoms with van der Waals surface area (Å²) in [5, 5.41) is 22.8. The van der Waals surface area contributed by atoms with Crippen LogP contribution < -0.4 is 10.1 Å². The van der Waals surface area contributed by atoms with Crippen LogP contribution in [0.1, 0.15) is 29.3 Å². The highest BCUT2D eigenvalue weighted by Crippen LogP contribution is 2.31. The molecule has 1 aromatic heterocycles. The third kappa shape index (κ3) is 4.50. The second-order valence-corrected chi connectivity index (χ2v) is 6.31. The highest BCUT2D eigenvalue weighted by molar-refractivity contribution is 6.01. The number of fused-ring (bicyclic) bond motifs is 1. The van der Waals surface area contributed by atoms with Crippen LogP contribution in [0.4, 0.5) is 0 Å². The third-order valence-electron chi connectivity index (χ3n) is 4.28. The van der Waals surface area contributed by atoms with E-state index in [0.29, 0.717) is 22.3 Å². The summed E-state index contributed by atoms with van der Waals surface area (Å²) in [7, 11) is 1.29. The Hall–Kier alpha value is -3.49. The van der Waals surface area contributed by atoms with Crippen molar-refractivity contribution < 1.29 is 29.3 Å². The number of carbonyl (C=O) groups excluding carboxylic acids is 1. The fourth-order valence-corrected chi connectivity index (χ4v) is 2.79. The van der Waals surface area contributed by atoms with Gasteiger partial charge in [-0.1, -0.05) is 24.3 Å². The number of carbonyl (C=O) groups is 2. The van der Waals surface area contributed by atoms with Crippen LogP contribution in [0, 0.1) is 0 Å². The molecule has 2 atom stereocenters. The minimum Gasteiger partial charge on any atom is -0.480 e. The predicted octanol–water partition coefficient (Wildman–Crippen LogP) is 2.87. The number of para-hydroxylation sites is 1. The molecule has 3 aromatic rings. The van der Waals surface area contributed by atoms with Crippen molar-refractivity contribution in [1.29, 1.82) is 0 Å². The number of nitrogens with zero attached hydrogens (tertiary/aromatic N) is 1. The summed E-state index contributed by atoms with van der Waals surface area (Å²) in [6.07, 6.45) is 0.0346. The summed E-state index contributed by atoms with van der Waals surface area (Å²) < 4.78 is 10.8. The molecular formula is C21H20N2O6. The maximum Gasteiger partial charge on any atom is 0.325 e. The fourth-order valence-electron chi connectivity index (χ4n) is 2.79. The van der Waals surface area contributed by atoms with E-state index in [0.717, 1.165) is 0 Å². The fraction of sp³-hybridized carbons (Fsp3) is 0.190. The number of hydrogen-bond acceptors (Lipinski definition) is 6. The minimum atomic E-state index is -1.42. The molecule has 8 nitrogen and oxygen atoms in total. The van der Waals surface area contributed by atoms with Crippen LogP contribution >= 0.6 is 0 Å². The van der Waals surface area contributed by atoms with Crippen molar-refractivity contribution in [2.75, 3.05) is 7.11 Å². The standard InChI is InChI=1S/C21H20N2O6/c1-12(20(25)26)23-19(24)18-17(21(27)28-2)16-9-8-15(10-13(16)11-22-18)29-14-6-4-3-5-7-14/h3-12,21,27H,1-2H3,(H,23,24)(H,25,26). The van der Waals surface area contributed by atoms with Crippen molar-refractivity contribution in [2.24, 2.45) is 0 Å². The van der Waals surface area contributed by atoms with Crippen molar-refractivity contribution in [1.82, 2.24) is 10.3 Å². The number of pyridine rings is 1. The van der Waals surface area contributed by atoms with E-state index in [1.807, 2.05) is 30.3 Å². The molecule has 0 radical (unpaired) electrons. The zero-order chi connectivity index (χ0) is 21.0. The van der Waals surface area contributed by atoms with Crippen LogP contribution in [0.15, 0.2) is 54.7 Å². The number of aliphatic carboxylic acids is 1. The second kappa shape index (κ2) is 8.68. The van der Waals surface area contributed by atoms with Crippen LogP contribution in [-0.4, -0.2) is 40.2 Å². The number of carboxylic acid groups (broad SMARTS) is 1. The lowest BCUT2D eigenvalue weighted by atomic mass is 10.0. The van der Waals surface area contributed by atoms with E-state index in [-0.39, 0.29) is 11.3 Å². The average Bonchev–Trinajstić information content (AvgIpc) is 2.72. The van der Waals surface area contributed by atoms with Gasteiger partial charge in [0, 0.05) is 24.3 Å². The average molecular weight is 396 g/mol. The SMILES string of the molecule is COC(O)c1c(C(=O)NC(C)C(=O)O)ncc2cc(Oc3ccccc3)ccc12. The number of methoxy groups -OCH3 is 1. The summed E-state index contributed by atoms with van der Waals surface area (Å²) >= 11 is 0. The number of benzene rings is 2. The Morgan fingerprint density at radius 2 is 1.83 bits per heavy atom. The Bertz CT molecular complexity index is 1040. The van der Waals surface area contributed by atoms with E-state index in [4.69, 9.17) is 14.6 Å². The largest absolute Gasteiger partial charge is 0.480 e. The van der Waals surface area contributed by atoms with Gasteiger partial charge in [0.2, 0.25) is 0 Å². The molecule has 150 valence electrons. The molecule has 0 saturated carbocycles. The minimum absolute atomic E-state index is 0.114. The van der Waals surface area contributed by atoms with Gasteiger partial charge in [0.1, 0.15) is 23.2 Å². The van der Waals surface area contributed by atoms with Gasteiger partial charge in [0.15, 0.2) is 6.29 Å². The van der Waals surface area contributed by atoms with Gasteiger partial charge in [0.05, 0.1) is 0 Å². The summed E-state index contributed by atoms with van der Waals surface area (Å²) in [4.78, 5) is 27.7. The van der Waals surface area contributed by atoms with Crippen molar-refractivity contribution in [3.8, 4) is 11.5 Å². The Balaban J connectivity index is 2.02. The van der Waals surface area contributed by atoms with Crippen LogP contribution in [0.3, 0.4) is 0 Å². The number of aromatic nitrogens is 1. The molecule has 1 heterocycles. The van der Waals surface area contributed by atoms with Crippen LogP contribution in [0.5, 0.6) is 11.5 Å². The van der Waals surface area contributed by atoms with E-state index >= 15 is 0 Å². The highest BCUT2D eigenvalue weighted by atomic mass is 16.6. The number of carboxylic acids is 1. The van der Waals surface area contributed by atoms with Gasteiger partial charge in [-0.3, -0.25) is 9.59 Å². The van der Waals surface area contributed by atoms with Crippen molar-refractivity contribution >= 4 is 22.6 Å². The maximum absolute atomic E-state index is 12.5. The molecule has 0 saturated heterocycles. The highest BCUT2D eigenvalue weighted by Gasteiger charge is 2.24. The molecule has 0 aliphatic heterocycles. The molecule has 0 fully saturated rings. The Labute approximate surface area is 166 Å². The number of rotatable bonds is 7. The molecule has 0 bridgehead atoms. The number of hydrogen-bond donors (Lipinski definition) is 3. The van der Waals surface area contributed by atoms with E-state index in [2.05, 4.69) is 10.3 Å². The number of aliphatic hydroxyl groups is 1. The van der Waals surface area contributed by atoms with Crippen LogP contribution in [0.25, 0.3) is 10.8 Å². The third-order valence-corrected chi connectivity index (χ3v) is 4.28. The molecule has 29 heavy (non-hydrogen) atoms. The first-order valence-corrected chi connectivity index (χ1v) is 8.80. The molecule has 1 amide bonds. The Kier molecular flexibility index (Phi) is 6.06. The lowest BCUT2D eigenvalue weighted by molar-refractivity contribution is -0.138. The summed E-state index contributed by atoms with van der Waals surface area (Å²) in [6.45, 7) is 1.33. The molecule has 3 N–H and O–H groups in total. The smallest absolute Gasteiger partial charge is 0.325 e. The van der Waals surface area contributed by atoms with Gasteiger partial charge in [-0.2, -0.15) is 0 Å². The van der Waals surface area contributed by atoms with Gasteiger partial charge < -0.3 is 25.0 Å². The molecule has 0 aliphatic carbocycles. The maximum atomic E-state index is 12.5. The van der Waals surface area contributed by atoms with E-state index in [1.54, 1.807) is 18.2 Å². The first kappa shape index (κ1) is 20.2. The molecule has 0 spiro atoms. The van der Waals surface area contributed by atoms with Crippen molar-refractivity contribution in [2.45, 2.75) is 19.3 Å². The molecule has 2 unspecified atom stereocenters. The van der Waals surface area contributed by atoms with Crippen molar-refractivity contribution in [3.05, 3.63) is 66.0 Å².